The lowest BCUT2D eigenvalue weighted by molar-refractivity contribution is -0.128. The lowest BCUT2D eigenvalue weighted by Crippen LogP contribution is -2.23. The van der Waals surface area contributed by atoms with E-state index in [9.17, 15) is 9.59 Å². The van der Waals surface area contributed by atoms with Gasteiger partial charge in [-0.25, -0.2) is 4.98 Å². The number of rotatable bonds is 5. The van der Waals surface area contributed by atoms with Crippen LogP contribution in [0.3, 0.4) is 0 Å². The van der Waals surface area contributed by atoms with Crippen molar-refractivity contribution < 1.29 is 9.59 Å². The SMILES string of the molecule is CC(C)c1nc(C(=O)Nc2cccc(CN3CCCC3=O)c2)cs1. The van der Waals surface area contributed by atoms with E-state index < -0.39 is 0 Å². The van der Waals surface area contributed by atoms with Crippen LogP contribution in [0.15, 0.2) is 29.6 Å². The van der Waals surface area contributed by atoms with Gasteiger partial charge >= 0.3 is 0 Å². The molecular weight excluding hydrogens is 322 g/mol. The molecule has 1 aromatic heterocycles. The van der Waals surface area contributed by atoms with Crippen LogP contribution in [-0.4, -0.2) is 28.2 Å². The van der Waals surface area contributed by atoms with Gasteiger partial charge in [-0.05, 0) is 24.1 Å². The highest BCUT2D eigenvalue weighted by atomic mass is 32.1. The third-order valence-electron chi connectivity index (χ3n) is 3.98. The normalized spacial score (nSPS) is 14.5. The molecule has 0 saturated carbocycles. The summed E-state index contributed by atoms with van der Waals surface area (Å²) in [5.41, 5.74) is 2.19. The van der Waals surface area contributed by atoms with Crippen molar-refractivity contribution in [1.29, 1.82) is 0 Å². The van der Waals surface area contributed by atoms with Crippen molar-refractivity contribution in [2.75, 3.05) is 11.9 Å². The van der Waals surface area contributed by atoms with E-state index >= 15 is 0 Å². The highest BCUT2D eigenvalue weighted by Gasteiger charge is 2.20. The summed E-state index contributed by atoms with van der Waals surface area (Å²) in [6, 6.07) is 7.63. The molecule has 5 nitrogen and oxygen atoms in total. The predicted octanol–water partition coefficient (Wildman–Crippen LogP) is 3.64. The first-order valence-electron chi connectivity index (χ1n) is 8.16. The number of likely N-dealkylation sites (tertiary alicyclic amines) is 1. The summed E-state index contributed by atoms with van der Waals surface area (Å²) in [6.07, 6.45) is 1.57. The van der Waals surface area contributed by atoms with E-state index in [1.165, 1.54) is 11.3 Å². The van der Waals surface area contributed by atoms with Crippen LogP contribution in [0.5, 0.6) is 0 Å². The smallest absolute Gasteiger partial charge is 0.275 e. The van der Waals surface area contributed by atoms with E-state index in [1.54, 1.807) is 5.38 Å². The number of amides is 2. The maximum absolute atomic E-state index is 12.3. The summed E-state index contributed by atoms with van der Waals surface area (Å²) in [5.74, 6) is 0.318. The molecule has 1 aliphatic rings. The summed E-state index contributed by atoms with van der Waals surface area (Å²) in [6.45, 7) is 5.52. The molecule has 1 aromatic carbocycles. The van der Waals surface area contributed by atoms with Crippen molar-refractivity contribution in [2.45, 2.75) is 39.2 Å². The molecule has 2 aromatic rings. The fourth-order valence-electron chi connectivity index (χ4n) is 2.69. The van der Waals surface area contributed by atoms with Crippen LogP contribution in [0.1, 0.15) is 53.7 Å². The Bertz CT molecular complexity index is 754. The Balaban J connectivity index is 1.67. The van der Waals surface area contributed by atoms with Crippen molar-refractivity contribution in [3.8, 4) is 0 Å². The fraction of sp³-hybridized carbons (Fsp3) is 0.389. The molecule has 1 N–H and O–H groups in total. The van der Waals surface area contributed by atoms with Crippen LogP contribution in [-0.2, 0) is 11.3 Å². The number of nitrogens with one attached hydrogen (secondary N) is 1. The second kappa shape index (κ2) is 7.13. The van der Waals surface area contributed by atoms with Crippen molar-refractivity contribution >= 4 is 28.8 Å². The first kappa shape index (κ1) is 16.6. The molecular formula is C18H21N3O2S. The van der Waals surface area contributed by atoms with Gasteiger partial charge in [0.15, 0.2) is 0 Å². The molecule has 0 atom stereocenters. The van der Waals surface area contributed by atoms with E-state index in [0.717, 1.165) is 29.2 Å². The quantitative estimate of drug-likeness (QED) is 0.901. The largest absolute Gasteiger partial charge is 0.338 e. The Morgan fingerprint density at radius 3 is 2.92 bits per heavy atom. The van der Waals surface area contributed by atoms with E-state index in [0.29, 0.717) is 24.6 Å². The van der Waals surface area contributed by atoms with E-state index in [2.05, 4.69) is 24.1 Å². The minimum atomic E-state index is -0.201. The summed E-state index contributed by atoms with van der Waals surface area (Å²) < 4.78 is 0. The van der Waals surface area contributed by atoms with E-state index in [-0.39, 0.29) is 11.8 Å². The molecule has 24 heavy (non-hydrogen) atoms. The van der Waals surface area contributed by atoms with Crippen molar-refractivity contribution in [1.82, 2.24) is 9.88 Å². The first-order valence-corrected chi connectivity index (χ1v) is 9.04. The van der Waals surface area contributed by atoms with E-state index in [1.807, 2.05) is 29.2 Å². The van der Waals surface area contributed by atoms with Gasteiger partial charge in [0.05, 0.1) is 5.01 Å². The second-order valence-corrected chi connectivity index (χ2v) is 7.19. The maximum atomic E-state index is 12.3. The Morgan fingerprint density at radius 1 is 1.42 bits per heavy atom. The van der Waals surface area contributed by atoms with Gasteiger partial charge in [0.2, 0.25) is 5.91 Å². The average Bonchev–Trinajstić information content (AvgIpc) is 3.18. The standard InChI is InChI=1S/C18H21N3O2S/c1-12(2)18-20-15(11-24-18)17(23)19-14-6-3-5-13(9-14)10-21-8-4-7-16(21)22/h3,5-6,9,11-12H,4,7-8,10H2,1-2H3,(H,19,23). The number of hydrogen-bond donors (Lipinski definition) is 1. The Kier molecular flexibility index (Phi) is 4.94. The van der Waals surface area contributed by atoms with Crippen LogP contribution in [0.25, 0.3) is 0 Å². The zero-order valence-corrected chi connectivity index (χ0v) is 14.7. The molecule has 0 bridgehead atoms. The third-order valence-corrected chi connectivity index (χ3v) is 5.12. The topological polar surface area (TPSA) is 62.3 Å². The molecule has 1 fully saturated rings. The second-order valence-electron chi connectivity index (χ2n) is 6.30. The minimum absolute atomic E-state index is 0.201. The van der Waals surface area contributed by atoms with Gasteiger partial charge in [0.25, 0.3) is 5.91 Å². The average molecular weight is 343 g/mol. The van der Waals surface area contributed by atoms with Gasteiger partial charge in [-0.1, -0.05) is 26.0 Å². The molecule has 6 heteroatoms. The molecule has 0 radical (unpaired) electrons. The maximum Gasteiger partial charge on any atom is 0.275 e. The van der Waals surface area contributed by atoms with Crippen molar-refractivity contribution in [2.24, 2.45) is 0 Å². The van der Waals surface area contributed by atoms with Crippen LogP contribution in [0.4, 0.5) is 5.69 Å². The lowest BCUT2D eigenvalue weighted by atomic mass is 10.2. The monoisotopic (exact) mass is 343 g/mol. The molecule has 3 rings (SSSR count). The number of hydrogen-bond acceptors (Lipinski definition) is 4. The molecule has 0 unspecified atom stereocenters. The molecule has 1 saturated heterocycles. The zero-order chi connectivity index (χ0) is 17.1. The number of aromatic nitrogens is 1. The Labute approximate surface area is 145 Å². The Morgan fingerprint density at radius 2 is 2.25 bits per heavy atom. The number of benzene rings is 1. The summed E-state index contributed by atoms with van der Waals surface area (Å²) >= 11 is 1.51. The van der Waals surface area contributed by atoms with Crippen LogP contribution < -0.4 is 5.32 Å². The highest BCUT2D eigenvalue weighted by Crippen LogP contribution is 2.21. The third kappa shape index (κ3) is 3.82. The van der Waals surface area contributed by atoms with Gasteiger partial charge in [-0.3, -0.25) is 9.59 Å². The van der Waals surface area contributed by atoms with Gasteiger partial charge in [-0.2, -0.15) is 0 Å². The summed E-state index contributed by atoms with van der Waals surface area (Å²) in [4.78, 5) is 30.3. The van der Waals surface area contributed by atoms with Crippen molar-refractivity contribution in [3.05, 3.63) is 45.9 Å². The van der Waals surface area contributed by atoms with Gasteiger partial charge in [0, 0.05) is 36.5 Å². The predicted molar refractivity (Wildman–Crippen MR) is 95.2 cm³/mol. The number of thiazole rings is 1. The fourth-order valence-corrected chi connectivity index (χ4v) is 3.51. The minimum Gasteiger partial charge on any atom is -0.338 e. The highest BCUT2D eigenvalue weighted by molar-refractivity contribution is 7.09. The molecule has 2 amide bonds. The Hall–Kier alpha value is -2.21. The molecule has 0 spiro atoms. The summed E-state index contributed by atoms with van der Waals surface area (Å²) in [5, 5.41) is 5.64. The van der Waals surface area contributed by atoms with Crippen LogP contribution in [0.2, 0.25) is 0 Å². The number of carbonyl (C=O) groups excluding carboxylic acids is 2. The van der Waals surface area contributed by atoms with Gasteiger partial charge in [-0.15, -0.1) is 11.3 Å². The lowest BCUT2D eigenvalue weighted by Gasteiger charge is -2.16. The number of nitrogens with zero attached hydrogens (tertiary/aromatic N) is 2. The van der Waals surface area contributed by atoms with E-state index in [4.69, 9.17) is 0 Å². The molecule has 2 heterocycles. The molecule has 0 aliphatic carbocycles. The van der Waals surface area contributed by atoms with Crippen LogP contribution >= 0.6 is 11.3 Å². The van der Waals surface area contributed by atoms with Crippen LogP contribution in [0, 0.1) is 0 Å². The molecule has 1 aliphatic heterocycles. The van der Waals surface area contributed by atoms with Gasteiger partial charge < -0.3 is 10.2 Å². The van der Waals surface area contributed by atoms with Crippen molar-refractivity contribution in [3.63, 3.8) is 0 Å². The zero-order valence-electron chi connectivity index (χ0n) is 13.9. The number of anilines is 1. The van der Waals surface area contributed by atoms with Gasteiger partial charge in [0.1, 0.15) is 5.69 Å². The molecule has 126 valence electrons. The number of carbonyl (C=O) groups is 2. The first-order chi connectivity index (χ1) is 11.5. The summed E-state index contributed by atoms with van der Waals surface area (Å²) in [7, 11) is 0.